The molecule has 3 aromatic rings. The van der Waals surface area contributed by atoms with Gasteiger partial charge in [-0.1, -0.05) is 24.3 Å². The highest BCUT2D eigenvalue weighted by molar-refractivity contribution is 5.99. The van der Waals surface area contributed by atoms with E-state index in [1.165, 1.54) is 0 Å². The molecule has 0 saturated carbocycles. The average Bonchev–Trinajstić information content (AvgIpc) is 2.85. The molecule has 35 heavy (non-hydrogen) atoms. The van der Waals surface area contributed by atoms with E-state index in [0.717, 1.165) is 76.6 Å². The van der Waals surface area contributed by atoms with Crippen molar-refractivity contribution in [2.75, 3.05) is 32.5 Å². The van der Waals surface area contributed by atoms with E-state index in [2.05, 4.69) is 34.7 Å². The summed E-state index contributed by atoms with van der Waals surface area (Å²) in [6, 6.07) is 20.0. The molecule has 6 nitrogen and oxygen atoms in total. The van der Waals surface area contributed by atoms with Gasteiger partial charge in [-0.3, -0.25) is 10.2 Å². The van der Waals surface area contributed by atoms with Crippen molar-refractivity contribution in [3.63, 3.8) is 0 Å². The summed E-state index contributed by atoms with van der Waals surface area (Å²) in [4.78, 5) is 15.2. The molecule has 4 rings (SSSR count). The first-order chi connectivity index (χ1) is 16.8. The number of hydrogen-bond acceptors (Lipinski definition) is 4. The number of aryl methyl sites for hydroxylation is 1. The smallest absolute Gasteiger partial charge is 0.251 e. The minimum absolute atomic E-state index is 0.00873. The molecule has 1 aliphatic rings. The fraction of sp³-hybridized carbons (Fsp3) is 0.310. The van der Waals surface area contributed by atoms with Crippen LogP contribution >= 0.6 is 0 Å². The summed E-state index contributed by atoms with van der Waals surface area (Å²) in [7, 11) is 3.99. The van der Waals surface area contributed by atoms with Crippen LogP contribution in [-0.4, -0.2) is 49.7 Å². The van der Waals surface area contributed by atoms with Crippen molar-refractivity contribution in [3.05, 3.63) is 77.4 Å². The molecule has 6 heteroatoms. The fourth-order valence-corrected chi connectivity index (χ4v) is 4.53. The zero-order valence-electron chi connectivity index (χ0n) is 21.0. The number of carbonyl (C=O) groups is 1. The number of rotatable bonds is 7. The lowest BCUT2D eigenvalue weighted by Crippen LogP contribution is -2.43. The predicted molar refractivity (Wildman–Crippen MR) is 142 cm³/mol. The summed E-state index contributed by atoms with van der Waals surface area (Å²) < 4.78 is 6.14. The van der Waals surface area contributed by atoms with Gasteiger partial charge in [0.1, 0.15) is 11.5 Å². The van der Waals surface area contributed by atoms with E-state index in [0.29, 0.717) is 0 Å². The Morgan fingerprint density at radius 1 is 0.971 bits per heavy atom. The van der Waals surface area contributed by atoms with E-state index in [9.17, 15) is 4.79 Å². The first-order valence-corrected chi connectivity index (χ1v) is 12.1. The lowest BCUT2D eigenvalue weighted by molar-refractivity contribution is -0.113. The van der Waals surface area contributed by atoms with Crippen molar-refractivity contribution in [2.45, 2.75) is 32.7 Å². The molecule has 0 spiro atoms. The van der Waals surface area contributed by atoms with Crippen molar-refractivity contribution < 1.29 is 14.9 Å². The van der Waals surface area contributed by atoms with Gasteiger partial charge in [0.2, 0.25) is 0 Å². The second-order valence-electron chi connectivity index (χ2n) is 9.35. The molecule has 0 atom stereocenters. The van der Waals surface area contributed by atoms with Crippen molar-refractivity contribution in [2.24, 2.45) is 0 Å². The Morgan fingerprint density at radius 3 is 2.34 bits per heavy atom. The van der Waals surface area contributed by atoms with Crippen molar-refractivity contribution in [1.82, 2.24) is 10.2 Å². The summed E-state index contributed by atoms with van der Waals surface area (Å²) in [6.45, 7) is 5.91. The van der Waals surface area contributed by atoms with Gasteiger partial charge in [-0.15, -0.1) is 0 Å². The van der Waals surface area contributed by atoms with Crippen LogP contribution in [0.3, 0.4) is 0 Å². The van der Waals surface area contributed by atoms with Gasteiger partial charge >= 0.3 is 0 Å². The van der Waals surface area contributed by atoms with Crippen LogP contribution in [0.4, 0.5) is 5.69 Å². The summed E-state index contributed by atoms with van der Waals surface area (Å²) in [5.74, 6) is 1.48. The maximum atomic E-state index is 12.9. The van der Waals surface area contributed by atoms with Gasteiger partial charge in [-0.05, 0) is 86.9 Å². The first kappa shape index (κ1) is 24.5. The molecule has 1 heterocycles. The maximum absolute atomic E-state index is 12.9. The Hall–Kier alpha value is -3.64. The highest BCUT2D eigenvalue weighted by Crippen LogP contribution is 2.30. The summed E-state index contributed by atoms with van der Waals surface area (Å²) in [5, 5.41) is 12.4. The number of nitrogens with zero attached hydrogens (tertiary/aromatic N) is 1. The molecular weight excluding hydrogens is 436 g/mol. The minimum atomic E-state index is 0.00873. The number of carbonyl (C=O) groups excluding carboxylic acids is 1. The van der Waals surface area contributed by atoms with E-state index >= 15 is 0 Å². The highest BCUT2D eigenvalue weighted by atomic mass is 16.5. The van der Waals surface area contributed by atoms with E-state index in [4.69, 9.17) is 10.1 Å². The third-order valence-corrected chi connectivity index (χ3v) is 6.61. The van der Waals surface area contributed by atoms with Crippen molar-refractivity contribution in [3.8, 4) is 22.6 Å². The summed E-state index contributed by atoms with van der Waals surface area (Å²) in [5.41, 5.74) is 6.40. The molecule has 1 amide bonds. The quantitative estimate of drug-likeness (QED) is 0.457. The monoisotopic (exact) mass is 471 g/mol. The van der Waals surface area contributed by atoms with E-state index < -0.39 is 0 Å². The van der Waals surface area contributed by atoms with Gasteiger partial charge in [0.15, 0.2) is 5.71 Å². The Morgan fingerprint density at radius 2 is 1.66 bits per heavy atom. The molecule has 0 aliphatic carbocycles. The van der Waals surface area contributed by atoms with Crippen LogP contribution in [0.2, 0.25) is 0 Å². The number of amides is 1. The Kier molecular flexibility index (Phi) is 7.51. The lowest BCUT2D eigenvalue weighted by atomic mass is 9.98. The van der Waals surface area contributed by atoms with Crippen LogP contribution in [0, 0.1) is 6.92 Å². The summed E-state index contributed by atoms with van der Waals surface area (Å²) >= 11 is 0. The van der Waals surface area contributed by atoms with Crippen LogP contribution in [-0.2, 0) is 0 Å². The van der Waals surface area contributed by atoms with Crippen LogP contribution in [0.1, 0.15) is 41.3 Å². The highest BCUT2D eigenvalue weighted by Gasteiger charge is 2.20. The Labute approximate surface area is 207 Å². The number of piperidine rings is 1. The molecule has 182 valence electrons. The zero-order chi connectivity index (χ0) is 24.9. The van der Waals surface area contributed by atoms with Gasteiger partial charge in [0, 0.05) is 31.6 Å². The molecular formula is C29H35N4O2+. The number of benzene rings is 3. The van der Waals surface area contributed by atoms with Crippen LogP contribution < -0.4 is 20.8 Å². The first-order valence-electron chi connectivity index (χ1n) is 12.1. The molecule has 1 aliphatic heterocycles. The third kappa shape index (κ3) is 5.89. The molecule has 3 aromatic carbocycles. The Bertz CT molecular complexity index is 1230. The standard InChI is InChI=1S/C29H34N4O2/c1-19-16-22(8-10-26(19)29(34)32-23-12-14-33(4)15-13-23)21-6-5-7-24(17-21)35-25-9-11-27(20(2)30)28(18-25)31-3/h5-11,16-18,23,30-31H,12-15H2,1-4H3,(H,32,34)/p+1. The third-order valence-electron chi connectivity index (χ3n) is 6.61. The topological polar surface area (TPSA) is 79.2 Å². The lowest BCUT2D eigenvalue weighted by Gasteiger charge is -2.29. The number of nitrogens with two attached hydrogens (primary N) is 1. The minimum Gasteiger partial charge on any atom is -0.457 e. The van der Waals surface area contributed by atoms with Crippen LogP contribution in [0.5, 0.6) is 11.5 Å². The number of likely N-dealkylation sites (tertiary alicyclic amines) is 1. The SMILES string of the molecule is CNc1cc(Oc2cccc(-c3ccc(C(=O)NC4CCN(C)CC4)c(C)c3)c2)ccc1C(C)=[NH2+]. The second-order valence-corrected chi connectivity index (χ2v) is 9.35. The number of hydrogen-bond donors (Lipinski definition) is 3. The van der Waals surface area contributed by atoms with Gasteiger partial charge < -0.3 is 20.3 Å². The molecule has 1 fully saturated rings. The fourth-order valence-electron chi connectivity index (χ4n) is 4.53. The molecule has 1 saturated heterocycles. The number of anilines is 1. The summed E-state index contributed by atoms with van der Waals surface area (Å²) in [6.07, 6.45) is 1.99. The number of nitrogens with one attached hydrogen (secondary N) is 2. The van der Waals surface area contributed by atoms with E-state index in [1.807, 2.05) is 69.4 Å². The number of ether oxygens (including phenoxy) is 1. The molecule has 0 bridgehead atoms. The van der Waals surface area contributed by atoms with Crippen molar-refractivity contribution in [1.29, 1.82) is 0 Å². The van der Waals surface area contributed by atoms with Gasteiger partial charge in [0.25, 0.3) is 5.91 Å². The van der Waals surface area contributed by atoms with Gasteiger partial charge in [-0.2, -0.15) is 0 Å². The molecule has 0 aromatic heterocycles. The van der Waals surface area contributed by atoms with E-state index in [-0.39, 0.29) is 11.9 Å². The largest absolute Gasteiger partial charge is 0.457 e. The second kappa shape index (κ2) is 10.7. The average molecular weight is 472 g/mol. The normalized spacial score (nSPS) is 14.4. The van der Waals surface area contributed by atoms with E-state index in [1.54, 1.807) is 0 Å². The molecule has 4 N–H and O–H groups in total. The maximum Gasteiger partial charge on any atom is 0.251 e. The van der Waals surface area contributed by atoms with Crippen molar-refractivity contribution >= 4 is 17.3 Å². The molecule has 0 radical (unpaired) electrons. The Balaban J connectivity index is 1.49. The van der Waals surface area contributed by atoms with Crippen LogP contribution in [0.15, 0.2) is 60.7 Å². The predicted octanol–water partition coefficient (Wildman–Crippen LogP) is 3.89. The molecule has 0 unspecified atom stereocenters. The van der Waals surface area contributed by atoms with Crippen LogP contribution in [0.25, 0.3) is 11.1 Å². The zero-order valence-corrected chi connectivity index (χ0v) is 21.0. The van der Waals surface area contributed by atoms with Gasteiger partial charge in [0.05, 0.1) is 11.3 Å². The van der Waals surface area contributed by atoms with Gasteiger partial charge in [-0.25, -0.2) is 0 Å².